The van der Waals surface area contributed by atoms with Crippen LogP contribution in [0.1, 0.15) is 20.3 Å². The predicted molar refractivity (Wildman–Crippen MR) is 46.3 cm³/mol. The SMILES string of the molecule is CC(C)C1CN(C2CC2N)C1. The van der Waals surface area contributed by atoms with Gasteiger partial charge in [0.05, 0.1) is 0 Å². The molecule has 2 N–H and O–H groups in total. The molecule has 64 valence electrons. The third-order valence-electron chi connectivity index (χ3n) is 3.15. The summed E-state index contributed by atoms with van der Waals surface area (Å²) in [4.78, 5) is 2.54. The third kappa shape index (κ3) is 1.30. The van der Waals surface area contributed by atoms with Crippen LogP contribution in [0, 0.1) is 11.8 Å². The average molecular weight is 154 g/mol. The second kappa shape index (κ2) is 2.46. The Bertz CT molecular complexity index is 150. The van der Waals surface area contributed by atoms with Crippen LogP contribution in [-0.2, 0) is 0 Å². The first-order chi connectivity index (χ1) is 5.18. The molecule has 1 saturated heterocycles. The summed E-state index contributed by atoms with van der Waals surface area (Å²) < 4.78 is 0. The standard InChI is InChI=1S/C9H18N2/c1-6(2)7-4-11(5-7)9-3-8(9)10/h6-9H,3-5,10H2,1-2H3. The van der Waals surface area contributed by atoms with E-state index in [1.165, 1.54) is 19.5 Å². The van der Waals surface area contributed by atoms with Crippen molar-refractivity contribution in [2.24, 2.45) is 17.6 Å². The predicted octanol–water partition coefficient (Wildman–Crippen LogP) is 0.674. The number of rotatable bonds is 2. The largest absolute Gasteiger partial charge is 0.326 e. The van der Waals surface area contributed by atoms with Gasteiger partial charge in [0.1, 0.15) is 0 Å². The Kier molecular flexibility index (Phi) is 1.69. The highest BCUT2D eigenvalue weighted by Gasteiger charge is 2.44. The number of likely N-dealkylation sites (tertiary alicyclic amines) is 1. The van der Waals surface area contributed by atoms with Crippen LogP contribution in [-0.4, -0.2) is 30.1 Å². The molecule has 0 radical (unpaired) electrons. The van der Waals surface area contributed by atoms with Crippen molar-refractivity contribution in [2.45, 2.75) is 32.4 Å². The van der Waals surface area contributed by atoms with E-state index in [0.717, 1.165) is 17.9 Å². The van der Waals surface area contributed by atoms with Gasteiger partial charge in [0, 0.05) is 25.2 Å². The molecule has 0 bridgehead atoms. The van der Waals surface area contributed by atoms with Gasteiger partial charge in [-0.05, 0) is 18.3 Å². The minimum Gasteiger partial charge on any atom is -0.326 e. The van der Waals surface area contributed by atoms with Crippen molar-refractivity contribution in [3.05, 3.63) is 0 Å². The van der Waals surface area contributed by atoms with E-state index in [0.29, 0.717) is 6.04 Å². The van der Waals surface area contributed by atoms with Crippen molar-refractivity contribution in [3.8, 4) is 0 Å². The topological polar surface area (TPSA) is 29.3 Å². The smallest absolute Gasteiger partial charge is 0.0263 e. The van der Waals surface area contributed by atoms with Gasteiger partial charge in [0.25, 0.3) is 0 Å². The van der Waals surface area contributed by atoms with Gasteiger partial charge >= 0.3 is 0 Å². The first-order valence-corrected chi connectivity index (χ1v) is 4.68. The summed E-state index contributed by atoms with van der Waals surface area (Å²) in [5.74, 6) is 1.81. The zero-order valence-corrected chi connectivity index (χ0v) is 7.46. The molecule has 2 rings (SSSR count). The zero-order chi connectivity index (χ0) is 8.01. The van der Waals surface area contributed by atoms with Gasteiger partial charge in [0.15, 0.2) is 0 Å². The highest BCUT2D eigenvalue weighted by molar-refractivity contribution is 5.03. The second-order valence-corrected chi connectivity index (χ2v) is 4.42. The fraction of sp³-hybridized carbons (Fsp3) is 1.00. The zero-order valence-electron chi connectivity index (χ0n) is 7.46. The normalized spacial score (nSPS) is 39.3. The van der Waals surface area contributed by atoms with Crippen LogP contribution in [0.5, 0.6) is 0 Å². The van der Waals surface area contributed by atoms with Gasteiger partial charge in [-0.3, -0.25) is 4.90 Å². The second-order valence-electron chi connectivity index (χ2n) is 4.42. The first-order valence-electron chi connectivity index (χ1n) is 4.68. The van der Waals surface area contributed by atoms with Gasteiger partial charge in [-0.25, -0.2) is 0 Å². The van der Waals surface area contributed by atoms with E-state index in [1.807, 2.05) is 0 Å². The van der Waals surface area contributed by atoms with Crippen LogP contribution in [0.25, 0.3) is 0 Å². The lowest BCUT2D eigenvalue weighted by Crippen LogP contribution is -2.51. The molecule has 0 aromatic heterocycles. The quantitative estimate of drug-likeness (QED) is 0.633. The van der Waals surface area contributed by atoms with Gasteiger partial charge in [-0.15, -0.1) is 0 Å². The third-order valence-corrected chi connectivity index (χ3v) is 3.15. The van der Waals surface area contributed by atoms with Gasteiger partial charge in [-0.1, -0.05) is 13.8 Å². The van der Waals surface area contributed by atoms with Crippen molar-refractivity contribution in [1.82, 2.24) is 4.90 Å². The maximum atomic E-state index is 5.76. The molecule has 2 heteroatoms. The monoisotopic (exact) mass is 154 g/mol. The average Bonchev–Trinajstić information content (AvgIpc) is 2.41. The summed E-state index contributed by atoms with van der Waals surface area (Å²) in [6.45, 7) is 7.23. The van der Waals surface area contributed by atoms with Crippen LogP contribution in [0.4, 0.5) is 0 Å². The molecule has 11 heavy (non-hydrogen) atoms. The lowest BCUT2D eigenvalue weighted by atomic mass is 9.88. The highest BCUT2D eigenvalue weighted by atomic mass is 15.3. The Balaban J connectivity index is 1.72. The number of nitrogens with two attached hydrogens (primary N) is 1. The van der Waals surface area contributed by atoms with Gasteiger partial charge < -0.3 is 5.73 Å². The first kappa shape index (κ1) is 7.56. The van der Waals surface area contributed by atoms with Gasteiger partial charge in [0.2, 0.25) is 0 Å². The Morgan fingerprint density at radius 2 is 1.91 bits per heavy atom. The molecule has 0 aromatic carbocycles. The molecule has 2 unspecified atom stereocenters. The maximum absolute atomic E-state index is 5.76. The highest BCUT2D eigenvalue weighted by Crippen LogP contribution is 2.34. The summed E-state index contributed by atoms with van der Waals surface area (Å²) in [6.07, 6.45) is 1.24. The Hall–Kier alpha value is -0.0800. The molecular weight excluding hydrogens is 136 g/mol. The molecule has 0 amide bonds. The van der Waals surface area contributed by atoms with Crippen LogP contribution in [0.2, 0.25) is 0 Å². The summed E-state index contributed by atoms with van der Waals surface area (Å²) in [7, 11) is 0. The van der Waals surface area contributed by atoms with Crippen molar-refractivity contribution in [3.63, 3.8) is 0 Å². The van der Waals surface area contributed by atoms with Gasteiger partial charge in [-0.2, -0.15) is 0 Å². The van der Waals surface area contributed by atoms with Crippen molar-refractivity contribution in [1.29, 1.82) is 0 Å². The fourth-order valence-corrected chi connectivity index (χ4v) is 1.86. The maximum Gasteiger partial charge on any atom is 0.0263 e. The molecule has 0 aromatic rings. The summed E-state index contributed by atoms with van der Waals surface area (Å²) >= 11 is 0. The van der Waals surface area contributed by atoms with Crippen LogP contribution in [0.3, 0.4) is 0 Å². The van der Waals surface area contributed by atoms with Crippen LogP contribution >= 0.6 is 0 Å². The van der Waals surface area contributed by atoms with E-state index < -0.39 is 0 Å². The summed E-state index contributed by atoms with van der Waals surface area (Å²) in [5, 5.41) is 0. The van der Waals surface area contributed by atoms with Crippen molar-refractivity contribution < 1.29 is 0 Å². The Labute approximate surface area is 68.7 Å². The number of hydrogen-bond acceptors (Lipinski definition) is 2. The van der Waals surface area contributed by atoms with Crippen molar-refractivity contribution >= 4 is 0 Å². The van der Waals surface area contributed by atoms with Crippen molar-refractivity contribution in [2.75, 3.05) is 13.1 Å². The van der Waals surface area contributed by atoms with E-state index in [4.69, 9.17) is 5.73 Å². The molecule has 0 spiro atoms. The molecule has 1 aliphatic heterocycles. The lowest BCUT2D eigenvalue weighted by molar-refractivity contribution is 0.0593. The fourth-order valence-electron chi connectivity index (χ4n) is 1.86. The molecule has 2 fully saturated rings. The minimum atomic E-state index is 0.503. The Morgan fingerprint density at radius 3 is 2.27 bits per heavy atom. The molecular formula is C9H18N2. The van der Waals surface area contributed by atoms with Crippen LogP contribution < -0.4 is 5.73 Å². The van der Waals surface area contributed by atoms with E-state index in [1.54, 1.807) is 0 Å². The number of hydrogen-bond donors (Lipinski definition) is 1. The molecule has 2 nitrogen and oxygen atoms in total. The summed E-state index contributed by atoms with van der Waals surface area (Å²) in [5.41, 5.74) is 5.76. The van der Waals surface area contributed by atoms with Crippen LogP contribution in [0.15, 0.2) is 0 Å². The molecule has 1 saturated carbocycles. The van der Waals surface area contributed by atoms with E-state index in [2.05, 4.69) is 18.7 Å². The molecule has 1 aliphatic carbocycles. The number of nitrogens with zero attached hydrogens (tertiary/aromatic N) is 1. The van der Waals surface area contributed by atoms with E-state index in [9.17, 15) is 0 Å². The van der Waals surface area contributed by atoms with E-state index in [-0.39, 0.29) is 0 Å². The Morgan fingerprint density at radius 1 is 1.36 bits per heavy atom. The molecule has 2 atom stereocenters. The van der Waals surface area contributed by atoms with E-state index >= 15 is 0 Å². The lowest BCUT2D eigenvalue weighted by Gasteiger charge is -2.42. The molecule has 1 heterocycles. The summed E-state index contributed by atoms with van der Waals surface area (Å²) in [6, 6.07) is 1.26. The minimum absolute atomic E-state index is 0.503. The molecule has 2 aliphatic rings.